The molecule has 2 rings (SSSR count). The van der Waals surface area contributed by atoms with Gasteiger partial charge in [-0.25, -0.2) is 0 Å². The van der Waals surface area contributed by atoms with Gasteiger partial charge in [-0.05, 0) is 50.4 Å². The fourth-order valence-corrected chi connectivity index (χ4v) is 6.63. The van der Waals surface area contributed by atoms with E-state index in [-0.39, 0.29) is 11.8 Å². The van der Waals surface area contributed by atoms with Gasteiger partial charge >= 0.3 is 11.9 Å². The van der Waals surface area contributed by atoms with Crippen molar-refractivity contribution in [3.8, 4) is 0 Å². The molecule has 4 heteroatoms. The molecule has 2 atom stereocenters. The van der Waals surface area contributed by atoms with E-state index >= 15 is 0 Å². The molecular formula is C24H42O4. The van der Waals surface area contributed by atoms with Crippen LogP contribution in [0.2, 0.25) is 0 Å². The average Bonchev–Trinajstić information content (AvgIpc) is 2.71. The molecule has 0 saturated heterocycles. The SMILES string of the molecule is CCCCC(C(=O)O)(C1CCCCC1)C(CCCC)(C(=O)O)C1CCCCC1. The summed E-state index contributed by atoms with van der Waals surface area (Å²) in [4.78, 5) is 26.2. The quantitative estimate of drug-likeness (QED) is 0.410. The zero-order valence-electron chi connectivity index (χ0n) is 18.2. The van der Waals surface area contributed by atoms with Gasteiger partial charge in [0.25, 0.3) is 0 Å². The van der Waals surface area contributed by atoms with Gasteiger partial charge in [-0.3, -0.25) is 9.59 Å². The Morgan fingerprint density at radius 1 is 0.679 bits per heavy atom. The Kier molecular flexibility index (Phi) is 8.82. The summed E-state index contributed by atoms with van der Waals surface area (Å²) in [6.07, 6.45) is 14.5. The molecule has 0 aliphatic heterocycles. The van der Waals surface area contributed by atoms with Crippen molar-refractivity contribution in [3.63, 3.8) is 0 Å². The molecule has 0 radical (unpaired) electrons. The average molecular weight is 395 g/mol. The Bertz CT molecular complexity index is 459. The van der Waals surface area contributed by atoms with E-state index in [9.17, 15) is 19.8 Å². The van der Waals surface area contributed by atoms with Gasteiger partial charge in [0.2, 0.25) is 0 Å². The van der Waals surface area contributed by atoms with Gasteiger partial charge in [0.1, 0.15) is 0 Å². The van der Waals surface area contributed by atoms with Crippen LogP contribution in [0.15, 0.2) is 0 Å². The monoisotopic (exact) mass is 394 g/mol. The highest BCUT2D eigenvalue weighted by Crippen LogP contribution is 2.61. The van der Waals surface area contributed by atoms with Crippen molar-refractivity contribution in [1.29, 1.82) is 0 Å². The summed E-state index contributed by atoms with van der Waals surface area (Å²) >= 11 is 0. The lowest BCUT2D eigenvalue weighted by Gasteiger charge is -2.55. The highest BCUT2D eigenvalue weighted by Gasteiger charge is 2.66. The third-order valence-electron chi connectivity index (χ3n) is 8.01. The number of rotatable bonds is 11. The van der Waals surface area contributed by atoms with E-state index in [2.05, 4.69) is 13.8 Å². The predicted octanol–water partition coefficient (Wildman–Crippen LogP) is 6.67. The number of hydrogen-bond donors (Lipinski definition) is 2. The van der Waals surface area contributed by atoms with Gasteiger partial charge < -0.3 is 10.2 Å². The van der Waals surface area contributed by atoms with Gasteiger partial charge in [0.05, 0.1) is 10.8 Å². The van der Waals surface area contributed by atoms with E-state index < -0.39 is 22.8 Å². The molecule has 0 amide bonds. The highest BCUT2D eigenvalue weighted by atomic mass is 16.4. The smallest absolute Gasteiger partial charge is 0.311 e. The summed E-state index contributed by atoms with van der Waals surface area (Å²) in [6, 6.07) is 0. The van der Waals surface area contributed by atoms with Crippen molar-refractivity contribution < 1.29 is 19.8 Å². The minimum absolute atomic E-state index is 0.000169. The number of hydrogen-bond acceptors (Lipinski definition) is 2. The van der Waals surface area contributed by atoms with Crippen molar-refractivity contribution in [2.45, 2.75) is 117 Å². The topological polar surface area (TPSA) is 74.6 Å². The third-order valence-corrected chi connectivity index (χ3v) is 8.01. The largest absolute Gasteiger partial charge is 0.481 e. The Morgan fingerprint density at radius 2 is 1.00 bits per heavy atom. The van der Waals surface area contributed by atoms with Crippen molar-refractivity contribution in [2.24, 2.45) is 22.7 Å². The van der Waals surface area contributed by atoms with Crippen LogP contribution in [0.3, 0.4) is 0 Å². The normalized spacial score (nSPS) is 23.6. The number of carboxylic acid groups (broad SMARTS) is 2. The number of aliphatic carboxylic acids is 2. The van der Waals surface area contributed by atoms with E-state index in [1.165, 1.54) is 0 Å². The lowest BCUT2D eigenvalue weighted by Crippen LogP contribution is -2.60. The first-order valence-electron chi connectivity index (χ1n) is 11.9. The van der Waals surface area contributed by atoms with E-state index in [4.69, 9.17) is 0 Å². The Balaban J connectivity index is 2.65. The molecule has 162 valence electrons. The highest BCUT2D eigenvalue weighted by molar-refractivity contribution is 5.87. The van der Waals surface area contributed by atoms with Crippen molar-refractivity contribution in [2.75, 3.05) is 0 Å². The predicted molar refractivity (Wildman–Crippen MR) is 112 cm³/mol. The zero-order chi connectivity index (χ0) is 20.6. The lowest BCUT2D eigenvalue weighted by molar-refractivity contribution is -0.195. The summed E-state index contributed by atoms with van der Waals surface area (Å²) in [6.45, 7) is 4.17. The van der Waals surface area contributed by atoms with E-state index in [0.717, 1.165) is 89.9 Å². The van der Waals surface area contributed by atoms with Crippen LogP contribution in [0.5, 0.6) is 0 Å². The first kappa shape index (κ1) is 23.2. The minimum atomic E-state index is -1.12. The zero-order valence-corrected chi connectivity index (χ0v) is 18.2. The van der Waals surface area contributed by atoms with Gasteiger partial charge in [0, 0.05) is 0 Å². The molecule has 2 unspecified atom stereocenters. The van der Waals surface area contributed by atoms with E-state index in [1.807, 2.05) is 0 Å². The summed E-state index contributed by atoms with van der Waals surface area (Å²) in [5, 5.41) is 21.5. The van der Waals surface area contributed by atoms with Gasteiger partial charge in [0.15, 0.2) is 0 Å². The molecular weight excluding hydrogens is 352 g/mol. The summed E-state index contributed by atoms with van der Waals surface area (Å²) in [7, 11) is 0. The fourth-order valence-electron chi connectivity index (χ4n) is 6.63. The minimum Gasteiger partial charge on any atom is -0.481 e. The maximum atomic E-state index is 13.1. The second-order valence-electron chi connectivity index (χ2n) is 9.43. The van der Waals surface area contributed by atoms with Gasteiger partial charge in [-0.2, -0.15) is 0 Å². The molecule has 0 spiro atoms. The first-order valence-corrected chi connectivity index (χ1v) is 11.9. The molecule has 2 fully saturated rings. The molecule has 0 bridgehead atoms. The second kappa shape index (κ2) is 10.6. The van der Waals surface area contributed by atoms with Crippen molar-refractivity contribution >= 4 is 11.9 Å². The molecule has 0 aromatic rings. The van der Waals surface area contributed by atoms with Crippen LogP contribution in [0.25, 0.3) is 0 Å². The maximum Gasteiger partial charge on any atom is 0.311 e. The lowest BCUT2D eigenvalue weighted by atomic mass is 9.46. The molecule has 2 saturated carbocycles. The molecule has 0 heterocycles. The van der Waals surface area contributed by atoms with Crippen LogP contribution in [0.4, 0.5) is 0 Å². The van der Waals surface area contributed by atoms with Gasteiger partial charge in [-0.1, -0.05) is 78.1 Å². The fraction of sp³-hybridized carbons (Fsp3) is 0.917. The molecule has 0 aromatic carbocycles. The Morgan fingerprint density at radius 3 is 1.25 bits per heavy atom. The maximum absolute atomic E-state index is 13.1. The van der Waals surface area contributed by atoms with Crippen molar-refractivity contribution in [3.05, 3.63) is 0 Å². The second-order valence-corrected chi connectivity index (χ2v) is 9.43. The van der Waals surface area contributed by atoms with Crippen molar-refractivity contribution in [1.82, 2.24) is 0 Å². The first-order chi connectivity index (χ1) is 13.5. The summed E-state index contributed by atoms with van der Waals surface area (Å²) in [5.74, 6) is -1.64. The summed E-state index contributed by atoms with van der Waals surface area (Å²) in [5.41, 5.74) is -2.24. The van der Waals surface area contributed by atoms with Crippen LogP contribution < -0.4 is 0 Å². The number of carboxylic acids is 2. The van der Waals surface area contributed by atoms with Crippen LogP contribution >= 0.6 is 0 Å². The van der Waals surface area contributed by atoms with Crippen LogP contribution in [-0.4, -0.2) is 22.2 Å². The standard InChI is InChI=1S/C24H42O4/c1-3-5-17-23(21(25)26,19-13-9-7-10-14-19)24(22(27)28,18-6-4-2)20-15-11-8-12-16-20/h19-20H,3-18H2,1-2H3,(H,25,26)(H,27,28). The van der Waals surface area contributed by atoms with Crippen LogP contribution in [-0.2, 0) is 9.59 Å². The third kappa shape index (κ3) is 4.26. The molecule has 28 heavy (non-hydrogen) atoms. The molecule has 2 N–H and O–H groups in total. The molecule has 2 aliphatic carbocycles. The number of unbranched alkanes of at least 4 members (excludes halogenated alkanes) is 2. The number of carbonyl (C=O) groups is 2. The Hall–Kier alpha value is -1.06. The summed E-state index contributed by atoms with van der Waals surface area (Å²) < 4.78 is 0. The van der Waals surface area contributed by atoms with Crippen LogP contribution in [0.1, 0.15) is 117 Å². The van der Waals surface area contributed by atoms with E-state index in [1.54, 1.807) is 0 Å². The molecule has 4 nitrogen and oxygen atoms in total. The van der Waals surface area contributed by atoms with Gasteiger partial charge in [-0.15, -0.1) is 0 Å². The molecule has 2 aliphatic rings. The van der Waals surface area contributed by atoms with Crippen LogP contribution in [0, 0.1) is 22.7 Å². The molecule has 0 aromatic heterocycles. The van der Waals surface area contributed by atoms with E-state index in [0.29, 0.717) is 12.8 Å². The Labute approximate surface area is 171 Å².